The van der Waals surface area contributed by atoms with Crippen molar-refractivity contribution < 1.29 is 14.4 Å². The number of hydrogen-bond donors (Lipinski definition) is 3. The molecule has 134 valence electrons. The highest BCUT2D eigenvalue weighted by Gasteiger charge is 2.27. The highest BCUT2D eigenvalue weighted by atomic mass is 16.5. The van der Waals surface area contributed by atoms with Crippen LogP contribution < -0.4 is 10.6 Å². The lowest BCUT2D eigenvalue weighted by Gasteiger charge is -2.31. The van der Waals surface area contributed by atoms with Crippen molar-refractivity contribution in [3.05, 3.63) is 11.7 Å². The highest BCUT2D eigenvalue weighted by molar-refractivity contribution is 5.74. The summed E-state index contributed by atoms with van der Waals surface area (Å²) in [5, 5.41) is 19.4. The summed E-state index contributed by atoms with van der Waals surface area (Å²) in [6, 6.07) is -0.537. The summed E-state index contributed by atoms with van der Waals surface area (Å²) in [7, 11) is 0. The Morgan fingerprint density at radius 3 is 2.71 bits per heavy atom. The van der Waals surface area contributed by atoms with E-state index in [-0.39, 0.29) is 30.6 Å². The van der Waals surface area contributed by atoms with Crippen molar-refractivity contribution in [2.24, 2.45) is 5.92 Å². The van der Waals surface area contributed by atoms with Crippen LogP contribution in [0.1, 0.15) is 82.0 Å². The quantitative estimate of drug-likeness (QED) is 0.767. The minimum atomic E-state index is -0.330. The second-order valence-corrected chi connectivity index (χ2v) is 7.15. The van der Waals surface area contributed by atoms with Crippen LogP contribution in [-0.2, 0) is 0 Å². The van der Waals surface area contributed by atoms with Gasteiger partial charge in [0, 0.05) is 24.5 Å². The maximum atomic E-state index is 12.2. The third-order valence-corrected chi connectivity index (χ3v) is 5.36. The van der Waals surface area contributed by atoms with E-state index in [4.69, 9.17) is 4.52 Å². The van der Waals surface area contributed by atoms with Crippen LogP contribution in [0.3, 0.4) is 0 Å². The normalized spacial score (nSPS) is 26.2. The number of aliphatic hydroxyl groups excluding tert-OH is 1. The zero-order valence-electron chi connectivity index (χ0n) is 14.3. The van der Waals surface area contributed by atoms with E-state index in [0.29, 0.717) is 11.8 Å². The fourth-order valence-corrected chi connectivity index (χ4v) is 3.86. The molecule has 0 bridgehead atoms. The van der Waals surface area contributed by atoms with E-state index in [9.17, 15) is 9.90 Å². The molecular weight excluding hydrogens is 308 g/mol. The number of hydrogen-bond acceptors (Lipinski definition) is 5. The molecule has 3 rings (SSSR count). The average Bonchev–Trinajstić information content (AvgIpc) is 3.26. The minimum absolute atomic E-state index is 0.0349. The van der Waals surface area contributed by atoms with Crippen LogP contribution in [0.15, 0.2) is 4.52 Å². The largest absolute Gasteiger partial charge is 0.396 e. The van der Waals surface area contributed by atoms with Crippen molar-refractivity contribution in [1.29, 1.82) is 0 Å². The Morgan fingerprint density at radius 1 is 1.25 bits per heavy atom. The summed E-state index contributed by atoms with van der Waals surface area (Å²) in [4.78, 5) is 16.7. The molecule has 0 radical (unpaired) electrons. The Balaban J connectivity index is 1.52. The van der Waals surface area contributed by atoms with Crippen LogP contribution >= 0.6 is 0 Å². The van der Waals surface area contributed by atoms with E-state index < -0.39 is 0 Å². The number of nitrogens with one attached hydrogen (secondary N) is 2. The Hall–Kier alpha value is -1.63. The third kappa shape index (κ3) is 4.06. The maximum absolute atomic E-state index is 12.2. The standard InChI is InChI=1S/C17H28N4O3/c1-11(16-20-15(21-24-16)12-6-2-3-7-12)18-17(23)19-14-9-5-4-8-13(14)10-22/h11-14,22H,2-10H2,1H3,(H2,18,19,23)/t11-,13+,14+/m0/s1. The van der Waals surface area contributed by atoms with Gasteiger partial charge in [-0.3, -0.25) is 0 Å². The number of carbonyl (C=O) groups excluding carboxylic acids is 1. The van der Waals surface area contributed by atoms with E-state index in [1.54, 1.807) is 0 Å². The molecule has 3 atom stereocenters. The lowest BCUT2D eigenvalue weighted by molar-refractivity contribution is 0.153. The molecule has 0 unspecified atom stereocenters. The van der Waals surface area contributed by atoms with E-state index in [2.05, 4.69) is 20.8 Å². The number of urea groups is 1. The van der Waals surface area contributed by atoms with Crippen LogP contribution in [0.2, 0.25) is 0 Å². The van der Waals surface area contributed by atoms with Gasteiger partial charge in [0.15, 0.2) is 5.82 Å². The van der Waals surface area contributed by atoms with Gasteiger partial charge in [0.2, 0.25) is 5.89 Å². The molecule has 2 aliphatic rings. The maximum Gasteiger partial charge on any atom is 0.315 e. The lowest BCUT2D eigenvalue weighted by atomic mass is 9.85. The Labute approximate surface area is 142 Å². The predicted molar refractivity (Wildman–Crippen MR) is 88.4 cm³/mol. The van der Waals surface area contributed by atoms with Crippen molar-refractivity contribution in [1.82, 2.24) is 20.8 Å². The Kier molecular flexibility index (Phi) is 5.71. The molecule has 7 heteroatoms. The summed E-state index contributed by atoms with van der Waals surface area (Å²) < 4.78 is 5.33. The van der Waals surface area contributed by atoms with Gasteiger partial charge in [-0.25, -0.2) is 4.79 Å². The van der Waals surface area contributed by atoms with Gasteiger partial charge in [-0.1, -0.05) is 30.8 Å². The first-order chi connectivity index (χ1) is 11.7. The number of aliphatic hydroxyl groups is 1. The zero-order valence-corrected chi connectivity index (χ0v) is 14.3. The molecule has 2 saturated carbocycles. The van der Waals surface area contributed by atoms with Crippen molar-refractivity contribution >= 4 is 6.03 Å². The molecule has 2 fully saturated rings. The summed E-state index contributed by atoms with van der Waals surface area (Å²) >= 11 is 0. The topological polar surface area (TPSA) is 100 Å². The molecule has 0 aromatic carbocycles. The van der Waals surface area contributed by atoms with E-state index in [1.165, 1.54) is 12.8 Å². The molecular formula is C17H28N4O3. The van der Waals surface area contributed by atoms with Gasteiger partial charge in [0.05, 0.1) is 0 Å². The molecule has 0 aliphatic heterocycles. The van der Waals surface area contributed by atoms with Crippen LogP contribution in [0.25, 0.3) is 0 Å². The predicted octanol–water partition coefficient (Wildman–Crippen LogP) is 2.64. The van der Waals surface area contributed by atoms with Gasteiger partial charge in [-0.05, 0) is 32.6 Å². The number of aromatic nitrogens is 2. The minimum Gasteiger partial charge on any atom is -0.396 e. The molecule has 1 heterocycles. The first kappa shape index (κ1) is 17.2. The zero-order chi connectivity index (χ0) is 16.9. The third-order valence-electron chi connectivity index (χ3n) is 5.36. The monoisotopic (exact) mass is 336 g/mol. The molecule has 2 aliphatic carbocycles. The van der Waals surface area contributed by atoms with Crippen molar-refractivity contribution in [2.45, 2.75) is 76.3 Å². The SMILES string of the molecule is C[C@H](NC(=O)N[C@@H]1CCCC[C@@H]1CO)c1nc(C2CCCC2)no1. The summed E-state index contributed by atoms with van der Waals surface area (Å²) in [6.07, 6.45) is 8.76. The van der Waals surface area contributed by atoms with Gasteiger partial charge in [0.1, 0.15) is 6.04 Å². The second-order valence-electron chi connectivity index (χ2n) is 7.15. The highest BCUT2D eigenvalue weighted by Crippen LogP contribution is 2.32. The van der Waals surface area contributed by atoms with Gasteiger partial charge in [-0.15, -0.1) is 0 Å². The first-order valence-electron chi connectivity index (χ1n) is 9.18. The molecule has 7 nitrogen and oxygen atoms in total. The first-order valence-corrected chi connectivity index (χ1v) is 9.18. The summed E-state index contributed by atoms with van der Waals surface area (Å²) in [5.74, 6) is 1.77. The lowest BCUT2D eigenvalue weighted by Crippen LogP contribution is -2.48. The van der Waals surface area contributed by atoms with Gasteiger partial charge in [0.25, 0.3) is 0 Å². The summed E-state index contributed by atoms with van der Waals surface area (Å²) in [6.45, 7) is 1.96. The summed E-state index contributed by atoms with van der Waals surface area (Å²) in [5.41, 5.74) is 0. The van der Waals surface area contributed by atoms with Crippen LogP contribution in [0, 0.1) is 5.92 Å². The van der Waals surface area contributed by atoms with Gasteiger partial charge in [-0.2, -0.15) is 4.98 Å². The van der Waals surface area contributed by atoms with Crippen molar-refractivity contribution in [3.63, 3.8) is 0 Å². The second kappa shape index (κ2) is 7.96. The molecule has 24 heavy (non-hydrogen) atoms. The van der Waals surface area contributed by atoms with Gasteiger partial charge >= 0.3 is 6.03 Å². The van der Waals surface area contributed by atoms with E-state index >= 15 is 0 Å². The average molecular weight is 336 g/mol. The van der Waals surface area contributed by atoms with E-state index in [0.717, 1.165) is 44.3 Å². The van der Waals surface area contributed by atoms with Crippen molar-refractivity contribution in [3.8, 4) is 0 Å². The molecule has 0 spiro atoms. The molecule has 1 aromatic heterocycles. The molecule has 0 saturated heterocycles. The molecule has 3 N–H and O–H groups in total. The molecule has 1 aromatic rings. The number of amides is 2. The fraction of sp³-hybridized carbons (Fsp3) is 0.824. The van der Waals surface area contributed by atoms with Crippen LogP contribution in [-0.4, -0.2) is 33.9 Å². The fourth-order valence-electron chi connectivity index (χ4n) is 3.86. The van der Waals surface area contributed by atoms with Crippen LogP contribution in [0.5, 0.6) is 0 Å². The van der Waals surface area contributed by atoms with Crippen molar-refractivity contribution in [2.75, 3.05) is 6.61 Å². The van der Waals surface area contributed by atoms with E-state index in [1.807, 2.05) is 6.92 Å². The van der Waals surface area contributed by atoms with Gasteiger partial charge < -0.3 is 20.3 Å². The Morgan fingerprint density at radius 2 is 1.96 bits per heavy atom. The molecule has 2 amide bonds. The van der Waals surface area contributed by atoms with Crippen LogP contribution in [0.4, 0.5) is 4.79 Å². The number of rotatable bonds is 5. The number of nitrogens with zero attached hydrogens (tertiary/aromatic N) is 2. The number of carbonyl (C=O) groups is 1. The Bertz CT molecular complexity index is 542. The smallest absolute Gasteiger partial charge is 0.315 e.